The highest BCUT2D eigenvalue weighted by molar-refractivity contribution is 7.99. The minimum absolute atomic E-state index is 0.0760. The first-order valence-corrected chi connectivity index (χ1v) is 14.2. The van der Waals surface area contributed by atoms with E-state index in [0.29, 0.717) is 5.56 Å². The first-order valence-electron chi connectivity index (χ1n) is 13.4. The Morgan fingerprint density at radius 2 is 1.32 bits per heavy atom. The molecule has 0 heterocycles. The molecule has 0 aliphatic carbocycles. The molecule has 0 saturated carbocycles. The summed E-state index contributed by atoms with van der Waals surface area (Å²) in [6, 6.07) is 23.3. The van der Waals surface area contributed by atoms with Crippen LogP contribution in [0.4, 0.5) is 5.69 Å². The summed E-state index contributed by atoms with van der Waals surface area (Å²) in [5.41, 5.74) is 2.21. The third-order valence-electron chi connectivity index (χ3n) is 6.24. The molecular formula is C31H36N2O4S. The van der Waals surface area contributed by atoms with E-state index in [-0.39, 0.29) is 5.69 Å². The molecular weight excluding hydrogens is 496 g/mol. The van der Waals surface area contributed by atoms with Gasteiger partial charge in [-0.05, 0) is 54.8 Å². The fraction of sp³-hybridized carbons (Fsp3) is 0.355. The molecule has 3 aromatic carbocycles. The van der Waals surface area contributed by atoms with E-state index in [1.165, 1.54) is 68.8 Å². The van der Waals surface area contributed by atoms with Gasteiger partial charge in [0.2, 0.25) is 0 Å². The molecule has 0 atom stereocenters. The van der Waals surface area contributed by atoms with E-state index in [1.807, 2.05) is 30.3 Å². The van der Waals surface area contributed by atoms with Crippen molar-refractivity contribution >= 4 is 29.1 Å². The average molecular weight is 533 g/mol. The summed E-state index contributed by atoms with van der Waals surface area (Å²) < 4.78 is 0. The number of rotatable bonds is 16. The van der Waals surface area contributed by atoms with Crippen LogP contribution in [0.15, 0.2) is 93.8 Å². The molecule has 0 fully saturated rings. The molecule has 0 aliphatic heterocycles. The van der Waals surface area contributed by atoms with Crippen LogP contribution in [0.25, 0.3) is 0 Å². The van der Waals surface area contributed by atoms with E-state index >= 15 is 0 Å². The summed E-state index contributed by atoms with van der Waals surface area (Å²) in [5, 5.41) is 15.2. The first-order chi connectivity index (χ1) is 18.6. The average Bonchev–Trinajstić information content (AvgIpc) is 2.95. The van der Waals surface area contributed by atoms with Crippen LogP contribution >= 0.6 is 11.8 Å². The summed E-state index contributed by atoms with van der Waals surface area (Å²) >= 11 is 1.53. The maximum absolute atomic E-state index is 12.5. The van der Waals surface area contributed by atoms with Crippen LogP contribution in [-0.2, 0) is 4.84 Å². The first kappa shape index (κ1) is 29.1. The van der Waals surface area contributed by atoms with E-state index in [2.05, 4.69) is 12.1 Å². The number of nitro benzene ring substituents is 1. The number of hydrogen-bond donors (Lipinski definition) is 0. The van der Waals surface area contributed by atoms with Gasteiger partial charge in [-0.1, -0.05) is 106 Å². The zero-order valence-electron chi connectivity index (χ0n) is 22.0. The quantitative estimate of drug-likeness (QED) is 0.0603. The number of nitro groups is 1. The molecule has 3 rings (SSSR count). The van der Waals surface area contributed by atoms with Gasteiger partial charge in [-0.25, -0.2) is 4.79 Å². The Labute approximate surface area is 229 Å². The highest BCUT2D eigenvalue weighted by Gasteiger charge is 2.11. The van der Waals surface area contributed by atoms with Gasteiger partial charge in [0.05, 0.1) is 16.2 Å². The van der Waals surface area contributed by atoms with Gasteiger partial charge in [0, 0.05) is 21.9 Å². The predicted molar refractivity (Wildman–Crippen MR) is 154 cm³/mol. The monoisotopic (exact) mass is 532 g/mol. The second kappa shape index (κ2) is 16.4. The molecule has 200 valence electrons. The molecule has 0 spiro atoms. The normalized spacial score (nSPS) is 11.3. The van der Waals surface area contributed by atoms with Gasteiger partial charge in [-0.3, -0.25) is 10.1 Å². The molecule has 3 aromatic rings. The minimum Gasteiger partial charge on any atom is -0.313 e. The van der Waals surface area contributed by atoms with Crippen LogP contribution in [0.3, 0.4) is 0 Å². The molecule has 0 amide bonds. The van der Waals surface area contributed by atoms with Gasteiger partial charge in [0.15, 0.2) is 0 Å². The van der Waals surface area contributed by atoms with Crippen molar-refractivity contribution in [1.29, 1.82) is 0 Å². The maximum Gasteiger partial charge on any atom is 0.365 e. The zero-order valence-corrected chi connectivity index (χ0v) is 22.8. The molecule has 0 saturated heterocycles. The van der Waals surface area contributed by atoms with Crippen molar-refractivity contribution in [3.05, 3.63) is 100 Å². The Morgan fingerprint density at radius 1 is 0.763 bits per heavy atom. The van der Waals surface area contributed by atoms with Crippen molar-refractivity contribution in [2.45, 2.75) is 80.9 Å². The Balaban J connectivity index is 1.60. The number of carbonyl (C=O) groups excluding carboxylic acids is 1. The van der Waals surface area contributed by atoms with E-state index in [0.717, 1.165) is 40.3 Å². The highest BCUT2D eigenvalue weighted by atomic mass is 32.2. The lowest BCUT2D eigenvalue weighted by atomic mass is 10.0. The lowest BCUT2D eigenvalue weighted by molar-refractivity contribution is -0.384. The summed E-state index contributed by atoms with van der Waals surface area (Å²) in [5.74, 6) is -0.472. The summed E-state index contributed by atoms with van der Waals surface area (Å²) in [6.45, 7) is 2.24. The SMILES string of the molecule is CCCCCCCCCCCC(=NOC(=O)c1ccccc1)c1ccc(Sc2ccc([N+](=O)[O-])cc2)cc1. The van der Waals surface area contributed by atoms with Gasteiger partial charge in [0.25, 0.3) is 5.69 Å². The fourth-order valence-corrected chi connectivity index (χ4v) is 4.87. The second-order valence-electron chi connectivity index (χ2n) is 9.24. The maximum atomic E-state index is 12.5. The van der Waals surface area contributed by atoms with Gasteiger partial charge >= 0.3 is 5.97 Å². The molecule has 0 N–H and O–H groups in total. The van der Waals surface area contributed by atoms with Crippen LogP contribution in [0.2, 0.25) is 0 Å². The van der Waals surface area contributed by atoms with Crippen LogP contribution < -0.4 is 0 Å². The third-order valence-corrected chi connectivity index (χ3v) is 7.25. The number of oxime groups is 1. The lowest BCUT2D eigenvalue weighted by Crippen LogP contribution is -2.06. The second-order valence-corrected chi connectivity index (χ2v) is 10.4. The predicted octanol–water partition coefficient (Wildman–Crippen LogP) is 9.23. The molecule has 0 bridgehead atoms. The van der Waals surface area contributed by atoms with Crippen LogP contribution in [0.1, 0.15) is 87.1 Å². The van der Waals surface area contributed by atoms with Gasteiger partial charge in [0.1, 0.15) is 0 Å². The number of non-ortho nitro benzene ring substituents is 1. The molecule has 0 unspecified atom stereocenters. The zero-order chi connectivity index (χ0) is 27.0. The minimum atomic E-state index is -0.472. The van der Waals surface area contributed by atoms with Crippen LogP contribution in [0.5, 0.6) is 0 Å². The molecule has 6 nitrogen and oxygen atoms in total. The standard InChI is InChI=1S/C31H36N2O4S/c1-2-3-4-5-6-7-8-9-13-16-30(32-37-31(34)26-14-11-10-12-15-26)25-17-21-28(22-18-25)38-29-23-19-27(20-24-29)33(35)36/h10-12,14-15,17-24H,2-9,13,16H2,1H3. The Morgan fingerprint density at radius 3 is 1.89 bits per heavy atom. The molecule has 38 heavy (non-hydrogen) atoms. The number of benzene rings is 3. The van der Waals surface area contributed by atoms with Crippen molar-refractivity contribution in [2.24, 2.45) is 5.16 Å². The molecule has 7 heteroatoms. The van der Waals surface area contributed by atoms with E-state index in [9.17, 15) is 14.9 Å². The molecule has 0 aliphatic rings. The Kier molecular flexibility index (Phi) is 12.6. The summed E-state index contributed by atoms with van der Waals surface area (Å²) in [6.07, 6.45) is 11.8. The molecule has 0 radical (unpaired) electrons. The van der Waals surface area contributed by atoms with E-state index in [4.69, 9.17) is 4.84 Å². The topological polar surface area (TPSA) is 81.8 Å². The number of carbonyl (C=O) groups is 1. The highest BCUT2D eigenvalue weighted by Crippen LogP contribution is 2.29. The van der Waals surface area contributed by atoms with Gasteiger partial charge in [-0.2, -0.15) is 0 Å². The smallest absolute Gasteiger partial charge is 0.313 e. The van der Waals surface area contributed by atoms with Crippen molar-refractivity contribution in [3.63, 3.8) is 0 Å². The molecule has 0 aromatic heterocycles. The summed E-state index contributed by atoms with van der Waals surface area (Å²) in [7, 11) is 0. The summed E-state index contributed by atoms with van der Waals surface area (Å²) in [4.78, 5) is 30.2. The van der Waals surface area contributed by atoms with E-state index in [1.54, 1.807) is 36.4 Å². The van der Waals surface area contributed by atoms with Crippen LogP contribution in [0, 0.1) is 10.1 Å². The Bertz CT molecular complexity index is 1160. The number of hydrogen-bond acceptors (Lipinski definition) is 6. The Hall–Kier alpha value is -3.45. The van der Waals surface area contributed by atoms with Gasteiger partial charge < -0.3 is 4.84 Å². The fourth-order valence-electron chi connectivity index (χ4n) is 4.06. The lowest BCUT2D eigenvalue weighted by Gasteiger charge is -2.09. The van der Waals surface area contributed by atoms with Crippen molar-refractivity contribution in [3.8, 4) is 0 Å². The van der Waals surface area contributed by atoms with E-state index < -0.39 is 10.9 Å². The third kappa shape index (κ3) is 10.1. The van der Waals surface area contributed by atoms with Crippen molar-refractivity contribution in [2.75, 3.05) is 0 Å². The van der Waals surface area contributed by atoms with Crippen LogP contribution in [-0.4, -0.2) is 16.6 Å². The number of nitrogens with zero attached hydrogens (tertiary/aromatic N) is 2. The number of unbranched alkanes of at least 4 members (excludes halogenated alkanes) is 8. The van der Waals surface area contributed by atoms with Crippen molar-refractivity contribution in [1.82, 2.24) is 0 Å². The van der Waals surface area contributed by atoms with Crippen molar-refractivity contribution < 1.29 is 14.6 Å². The van der Waals surface area contributed by atoms with Gasteiger partial charge in [-0.15, -0.1) is 0 Å². The largest absolute Gasteiger partial charge is 0.365 e.